The van der Waals surface area contributed by atoms with Gasteiger partial charge in [-0.25, -0.2) is 0 Å². The maximum absolute atomic E-state index is 2.65. The van der Waals surface area contributed by atoms with Gasteiger partial charge in [-0.1, -0.05) is 33.6 Å². The second-order valence-electron chi connectivity index (χ2n) is 5.08. The van der Waals surface area contributed by atoms with Gasteiger partial charge in [0.2, 0.25) is 0 Å². The van der Waals surface area contributed by atoms with Crippen LogP contribution in [0.5, 0.6) is 0 Å². The maximum atomic E-state index is 2.65. The lowest BCUT2D eigenvalue weighted by Crippen LogP contribution is -2.32. The minimum atomic E-state index is 0.828. The molecule has 1 atom stereocenters. The van der Waals surface area contributed by atoms with Gasteiger partial charge >= 0.3 is 0 Å². The molecular formula is C12H25N. The zero-order chi connectivity index (χ0) is 9.68. The molecule has 1 saturated heterocycles. The molecule has 0 aliphatic carbocycles. The fourth-order valence-electron chi connectivity index (χ4n) is 2.19. The second-order valence-corrected chi connectivity index (χ2v) is 5.08. The van der Waals surface area contributed by atoms with E-state index in [1.54, 1.807) is 0 Å². The highest BCUT2D eigenvalue weighted by Crippen LogP contribution is 2.17. The van der Waals surface area contributed by atoms with Crippen molar-refractivity contribution in [1.29, 1.82) is 0 Å². The molecule has 1 nitrogen and oxygen atoms in total. The lowest BCUT2D eigenvalue weighted by atomic mass is 9.97. The van der Waals surface area contributed by atoms with Crippen molar-refractivity contribution in [2.75, 3.05) is 19.6 Å². The summed E-state index contributed by atoms with van der Waals surface area (Å²) in [5.74, 6) is 1.78. The molecule has 1 rings (SSSR count). The van der Waals surface area contributed by atoms with Gasteiger partial charge in [-0.3, -0.25) is 0 Å². The Morgan fingerprint density at radius 1 is 1.15 bits per heavy atom. The molecule has 0 aromatic carbocycles. The lowest BCUT2D eigenvalue weighted by Gasteiger charge is -2.28. The second kappa shape index (κ2) is 5.64. The van der Waals surface area contributed by atoms with Crippen LogP contribution in [0.3, 0.4) is 0 Å². The zero-order valence-corrected chi connectivity index (χ0v) is 9.55. The number of hydrogen-bond acceptors (Lipinski definition) is 1. The van der Waals surface area contributed by atoms with Crippen LogP contribution in [0.25, 0.3) is 0 Å². The fourth-order valence-corrected chi connectivity index (χ4v) is 2.19. The Balaban J connectivity index is 2.28. The summed E-state index contributed by atoms with van der Waals surface area (Å²) in [6.45, 7) is 11.0. The van der Waals surface area contributed by atoms with Gasteiger partial charge in [-0.15, -0.1) is 0 Å². The molecule has 0 bridgehead atoms. The first kappa shape index (κ1) is 11.0. The molecule has 13 heavy (non-hydrogen) atoms. The van der Waals surface area contributed by atoms with Gasteiger partial charge in [0, 0.05) is 6.54 Å². The van der Waals surface area contributed by atoms with E-state index in [1.807, 2.05) is 0 Å². The van der Waals surface area contributed by atoms with Crippen molar-refractivity contribution >= 4 is 0 Å². The van der Waals surface area contributed by atoms with E-state index < -0.39 is 0 Å². The van der Waals surface area contributed by atoms with Crippen molar-refractivity contribution in [3.05, 3.63) is 0 Å². The first-order chi connectivity index (χ1) is 6.18. The van der Waals surface area contributed by atoms with Gasteiger partial charge in [0.15, 0.2) is 0 Å². The first-order valence-corrected chi connectivity index (χ1v) is 5.91. The minimum Gasteiger partial charge on any atom is -0.303 e. The molecular weight excluding hydrogens is 158 g/mol. The molecule has 0 N–H and O–H groups in total. The van der Waals surface area contributed by atoms with Crippen LogP contribution in [0.4, 0.5) is 0 Å². The van der Waals surface area contributed by atoms with Crippen LogP contribution in [0.1, 0.15) is 46.5 Å². The van der Waals surface area contributed by atoms with Gasteiger partial charge in [0.05, 0.1) is 0 Å². The Labute approximate surface area is 83.5 Å². The highest BCUT2D eigenvalue weighted by molar-refractivity contribution is 4.66. The predicted molar refractivity (Wildman–Crippen MR) is 58.9 cm³/mol. The molecule has 0 radical (unpaired) electrons. The molecule has 0 spiro atoms. The number of nitrogens with zero attached hydrogens (tertiary/aromatic N) is 1. The van der Waals surface area contributed by atoms with Crippen LogP contribution in [-0.4, -0.2) is 24.5 Å². The standard InChI is InChI=1S/C12H25N/c1-11(2)10-13-8-5-4-6-12(3)7-9-13/h11-12H,4-10H2,1-3H3. The third-order valence-electron chi connectivity index (χ3n) is 2.98. The normalized spacial score (nSPS) is 27.2. The van der Waals surface area contributed by atoms with Gasteiger partial charge in [-0.05, 0) is 37.8 Å². The van der Waals surface area contributed by atoms with Crippen molar-refractivity contribution in [3.63, 3.8) is 0 Å². The van der Waals surface area contributed by atoms with E-state index in [9.17, 15) is 0 Å². The molecule has 0 aromatic rings. The summed E-state index contributed by atoms with van der Waals surface area (Å²) >= 11 is 0. The molecule has 1 aliphatic rings. The molecule has 1 unspecified atom stereocenters. The van der Waals surface area contributed by atoms with E-state index in [4.69, 9.17) is 0 Å². The third-order valence-corrected chi connectivity index (χ3v) is 2.98. The predicted octanol–water partition coefficient (Wildman–Crippen LogP) is 3.15. The van der Waals surface area contributed by atoms with E-state index in [0.717, 1.165) is 11.8 Å². The van der Waals surface area contributed by atoms with Gasteiger partial charge in [0.1, 0.15) is 0 Å². The molecule has 1 fully saturated rings. The van der Waals surface area contributed by atoms with Crippen LogP contribution < -0.4 is 0 Å². The topological polar surface area (TPSA) is 3.24 Å². The largest absolute Gasteiger partial charge is 0.303 e. The Morgan fingerprint density at radius 2 is 1.92 bits per heavy atom. The number of hydrogen-bond donors (Lipinski definition) is 0. The summed E-state index contributed by atoms with van der Waals surface area (Å²) < 4.78 is 0. The SMILES string of the molecule is CC(C)CN1CCCCC(C)CC1. The molecule has 78 valence electrons. The molecule has 1 heteroatoms. The average molecular weight is 183 g/mol. The van der Waals surface area contributed by atoms with E-state index in [0.29, 0.717) is 0 Å². The average Bonchev–Trinajstić information content (AvgIpc) is 2.03. The molecule has 0 amide bonds. The highest BCUT2D eigenvalue weighted by Gasteiger charge is 2.12. The molecule has 0 aromatic heterocycles. The lowest BCUT2D eigenvalue weighted by molar-refractivity contribution is 0.205. The van der Waals surface area contributed by atoms with Crippen LogP contribution >= 0.6 is 0 Å². The van der Waals surface area contributed by atoms with Crippen molar-refractivity contribution in [2.45, 2.75) is 46.5 Å². The van der Waals surface area contributed by atoms with Gasteiger partial charge in [-0.2, -0.15) is 0 Å². The highest BCUT2D eigenvalue weighted by atomic mass is 15.1. The zero-order valence-electron chi connectivity index (χ0n) is 9.55. The first-order valence-electron chi connectivity index (χ1n) is 5.91. The van der Waals surface area contributed by atoms with Crippen LogP contribution in [0.2, 0.25) is 0 Å². The Morgan fingerprint density at radius 3 is 2.62 bits per heavy atom. The Bertz CT molecular complexity index is 131. The smallest absolute Gasteiger partial charge is 0.000438 e. The summed E-state index contributed by atoms with van der Waals surface area (Å²) in [5.41, 5.74) is 0. The Hall–Kier alpha value is -0.0400. The summed E-state index contributed by atoms with van der Waals surface area (Å²) in [6, 6.07) is 0. The third kappa shape index (κ3) is 4.66. The van der Waals surface area contributed by atoms with Crippen LogP contribution in [0, 0.1) is 11.8 Å². The minimum absolute atomic E-state index is 0.828. The summed E-state index contributed by atoms with van der Waals surface area (Å²) in [7, 11) is 0. The van der Waals surface area contributed by atoms with Crippen molar-refractivity contribution < 1.29 is 0 Å². The quantitative estimate of drug-likeness (QED) is 0.635. The van der Waals surface area contributed by atoms with Gasteiger partial charge in [0.25, 0.3) is 0 Å². The maximum Gasteiger partial charge on any atom is 0.000438 e. The molecule has 1 heterocycles. The van der Waals surface area contributed by atoms with E-state index >= 15 is 0 Å². The summed E-state index contributed by atoms with van der Waals surface area (Å²) in [5, 5.41) is 0. The van der Waals surface area contributed by atoms with Crippen LogP contribution in [0.15, 0.2) is 0 Å². The van der Waals surface area contributed by atoms with E-state index in [2.05, 4.69) is 25.7 Å². The van der Waals surface area contributed by atoms with Gasteiger partial charge < -0.3 is 4.90 Å². The Kier molecular flexibility index (Phi) is 4.79. The monoisotopic (exact) mass is 183 g/mol. The fraction of sp³-hybridized carbons (Fsp3) is 1.00. The van der Waals surface area contributed by atoms with Crippen LogP contribution in [-0.2, 0) is 0 Å². The number of rotatable bonds is 2. The van der Waals surface area contributed by atoms with Crippen molar-refractivity contribution in [1.82, 2.24) is 4.90 Å². The summed E-state index contributed by atoms with van der Waals surface area (Å²) in [6.07, 6.45) is 5.72. The summed E-state index contributed by atoms with van der Waals surface area (Å²) in [4.78, 5) is 2.65. The van der Waals surface area contributed by atoms with E-state index in [1.165, 1.54) is 45.3 Å². The van der Waals surface area contributed by atoms with Crippen molar-refractivity contribution in [3.8, 4) is 0 Å². The molecule has 0 saturated carbocycles. The van der Waals surface area contributed by atoms with Crippen molar-refractivity contribution in [2.24, 2.45) is 11.8 Å². The van der Waals surface area contributed by atoms with E-state index in [-0.39, 0.29) is 0 Å². The molecule has 1 aliphatic heterocycles. The number of likely N-dealkylation sites (tertiary alicyclic amines) is 1.